The van der Waals surface area contributed by atoms with Crippen molar-refractivity contribution in [1.82, 2.24) is 4.72 Å². The molecule has 0 radical (unpaired) electrons. The molecular weight excluding hydrogens is 304 g/mol. The van der Waals surface area contributed by atoms with E-state index in [0.29, 0.717) is 23.0 Å². The minimum absolute atomic E-state index is 0.0611. The molecule has 114 valence electrons. The summed E-state index contributed by atoms with van der Waals surface area (Å²) in [4.78, 5) is 0.237. The molecule has 3 atom stereocenters. The second-order valence-corrected chi connectivity index (χ2v) is 8.37. The lowest BCUT2D eigenvalue weighted by Gasteiger charge is -2.23. The van der Waals surface area contributed by atoms with Crippen LogP contribution in [0, 0.1) is 11.8 Å². The van der Waals surface area contributed by atoms with E-state index in [1.807, 2.05) is 12.1 Å². The molecule has 0 aliphatic heterocycles. The number of nitrogens with two attached hydrogens (primary N) is 1. The van der Waals surface area contributed by atoms with E-state index in [9.17, 15) is 8.42 Å². The van der Waals surface area contributed by atoms with Gasteiger partial charge in [-0.3, -0.25) is 0 Å². The van der Waals surface area contributed by atoms with Gasteiger partial charge in [-0.05, 0) is 36.7 Å². The fraction of sp³-hybridized carbons (Fsp3) is 0.533. The number of hydrogen-bond donors (Lipinski definition) is 2. The Labute approximate surface area is 131 Å². The van der Waals surface area contributed by atoms with Gasteiger partial charge in [-0.25, -0.2) is 13.1 Å². The van der Waals surface area contributed by atoms with E-state index in [1.54, 1.807) is 12.1 Å². The van der Waals surface area contributed by atoms with Crippen LogP contribution in [0.4, 0.5) is 0 Å². The Hall–Kier alpha value is -0.980. The lowest BCUT2D eigenvalue weighted by molar-refractivity contribution is 0.390. The first-order valence-electron chi connectivity index (χ1n) is 7.32. The van der Waals surface area contributed by atoms with E-state index < -0.39 is 10.0 Å². The molecule has 6 heteroatoms. The summed E-state index contributed by atoms with van der Waals surface area (Å²) in [6.07, 6.45) is 4.58. The summed E-state index contributed by atoms with van der Waals surface area (Å²) in [6.45, 7) is 0. The normalized spacial score (nSPS) is 27.9. The highest BCUT2D eigenvalue weighted by atomic mass is 32.2. The summed E-state index contributed by atoms with van der Waals surface area (Å²) in [5.74, 6) is 1.18. The second kappa shape index (κ2) is 5.66. The summed E-state index contributed by atoms with van der Waals surface area (Å²) >= 11 is 4.99. The Morgan fingerprint density at radius 1 is 1.29 bits per heavy atom. The summed E-state index contributed by atoms with van der Waals surface area (Å²) in [5, 5.41) is 0. The van der Waals surface area contributed by atoms with E-state index in [4.69, 9.17) is 18.0 Å². The number of sulfonamides is 1. The molecule has 0 amide bonds. The predicted molar refractivity (Wildman–Crippen MR) is 87.3 cm³/mol. The van der Waals surface area contributed by atoms with Gasteiger partial charge in [-0.15, -0.1) is 0 Å². The molecule has 1 aromatic rings. The Morgan fingerprint density at radius 2 is 2.05 bits per heavy atom. The van der Waals surface area contributed by atoms with Crippen molar-refractivity contribution in [1.29, 1.82) is 0 Å². The summed E-state index contributed by atoms with van der Waals surface area (Å²) in [7, 11) is -3.36. The van der Waals surface area contributed by atoms with E-state index in [-0.39, 0.29) is 16.8 Å². The van der Waals surface area contributed by atoms with Gasteiger partial charge in [0.15, 0.2) is 0 Å². The fourth-order valence-corrected chi connectivity index (χ4v) is 5.45. The van der Waals surface area contributed by atoms with Gasteiger partial charge in [0.25, 0.3) is 0 Å². The van der Waals surface area contributed by atoms with E-state index in [1.165, 1.54) is 12.8 Å². The summed E-state index contributed by atoms with van der Waals surface area (Å²) in [5.41, 5.74) is 6.97. The van der Waals surface area contributed by atoms with Crippen molar-refractivity contribution < 1.29 is 8.42 Å². The maximum Gasteiger partial charge on any atom is 0.216 e. The minimum atomic E-state index is -3.36. The molecule has 2 fully saturated rings. The van der Waals surface area contributed by atoms with Crippen LogP contribution in [0.3, 0.4) is 0 Å². The molecule has 1 aromatic carbocycles. The average molecular weight is 324 g/mol. The highest BCUT2D eigenvalue weighted by Gasteiger charge is 2.41. The van der Waals surface area contributed by atoms with Crippen LogP contribution in [-0.2, 0) is 15.8 Å². The van der Waals surface area contributed by atoms with E-state index >= 15 is 0 Å². The highest BCUT2D eigenvalue weighted by molar-refractivity contribution is 7.88. The molecule has 4 nitrogen and oxygen atoms in total. The van der Waals surface area contributed by atoms with Crippen molar-refractivity contribution in [2.24, 2.45) is 17.6 Å². The first-order valence-corrected chi connectivity index (χ1v) is 9.38. The molecule has 0 heterocycles. The molecule has 2 saturated carbocycles. The maximum atomic E-state index is 12.4. The van der Waals surface area contributed by atoms with Crippen LogP contribution in [0.15, 0.2) is 24.3 Å². The Kier molecular flexibility index (Phi) is 4.03. The van der Waals surface area contributed by atoms with Crippen LogP contribution in [0.5, 0.6) is 0 Å². The molecule has 0 saturated heterocycles. The number of benzene rings is 1. The number of nitrogens with one attached hydrogen (secondary N) is 1. The van der Waals surface area contributed by atoms with Gasteiger partial charge in [0.1, 0.15) is 4.99 Å². The van der Waals surface area contributed by atoms with Crippen molar-refractivity contribution in [3.8, 4) is 0 Å². The van der Waals surface area contributed by atoms with Gasteiger partial charge in [0, 0.05) is 11.6 Å². The minimum Gasteiger partial charge on any atom is -0.389 e. The third-order valence-electron chi connectivity index (χ3n) is 4.70. The van der Waals surface area contributed by atoms with Crippen molar-refractivity contribution in [3.63, 3.8) is 0 Å². The van der Waals surface area contributed by atoms with Gasteiger partial charge in [-0.1, -0.05) is 42.9 Å². The number of fused-ring (bicyclic) bond motifs is 2. The molecule has 2 aliphatic carbocycles. The maximum absolute atomic E-state index is 12.4. The van der Waals surface area contributed by atoms with Gasteiger partial charge >= 0.3 is 0 Å². The zero-order chi connectivity index (χ0) is 15.0. The van der Waals surface area contributed by atoms with Gasteiger partial charge < -0.3 is 5.73 Å². The van der Waals surface area contributed by atoms with E-state index in [2.05, 4.69) is 4.72 Å². The molecule has 2 bridgehead atoms. The lowest BCUT2D eigenvalue weighted by atomic mass is 9.96. The monoisotopic (exact) mass is 324 g/mol. The quantitative estimate of drug-likeness (QED) is 0.812. The molecule has 0 aromatic heterocycles. The summed E-state index contributed by atoms with van der Waals surface area (Å²) in [6, 6.07) is 7.28. The Bertz CT molecular complexity index is 657. The largest absolute Gasteiger partial charge is 0.389 e. The van der Waals surface area contributed by atoms with Crippen molar-refractivity contribution >= 4 is 27.2 Å². The smallest absolute Gasteiger partial charge is 0.216 e. The Balaban J connectivity index is 1.73. The molecule has 3 rings (SSSR count). The fourth-order valence-electron chi connectivity index (χ4n) is 3.75. The van der Waals surface area contributed by atoms with Gasteiger partial charge in [-0.2, -0.15) is 0 Å². The predicted octanol–water partition coefficient (Wildman–Crippen LogP) is 1.93. The number of rotatable bonds is 5. The van der Waals surface area contributed by atoms with Crippen molar-refractivity contribution in [2.45, 2.75) is 37.5 Å². The molecule has 3 unspecified atom stereocenters. The lowest BCUT2D eigenvalue weighted by Crippen LogP contribution is -2.39. The van der Waals surface area contributed by atoms with Crippen molar-refractivity contribution in [3.05, 3.63) is 35.4 Å². The van der Waals surface area contributed by atoms with Crippen LogP contribution >= 0.6 is 12.2 Å². The van der Waals surface area contributed by atoms with Crippen LogP contribution in [0.1, 0.15) is 36.8 Å². The highest BCUT2D eigenvalue weighted by Crippen LogP contribution is 2.44. The molecular formula is C15H20N2O2S2. The standard InChI is InChI=1S/C15H20N2O2S2/c16-15(20)13-4-2-1-3-12(13)9-21(18,19)17-14-8-10-5-6-11(14)7-10/h1-4,10-11,14,17H,5-9H2,(H2,16,20). The van der Waals surface area contributed by atoms with Crippen LogP contribution in [-0.4, -0.2) is 19.4 Å². The third kappa shape index (κ3) is 3.27. The molecule has 0 spiro atoms. The summed E-state index contributed by atoms with van der Waals surface area (Å²) < 4.78 is 27.7. The topological polar surface area (TPSA) is 72.2 Å². The molecule has 2 aliphatic rings. The first-order chi connectivity index (χ1) is 9.94. The van der Waals surface area contributed by atoms with Crippen molar-refractivity contribution in [2.75, 3.05) is 0 Å². The van der Waals surface area contributed by atoms with Crippen LogP contribution in [0.2, 0.25) is 0 Å². The first kappa shape index (κ1) is 14.9. The Morgan fingerprint density at radius 3 is 2.67 bits per heavy atom. The van der Waals surface area contributed by atoms with E-state index in [0.717, 1.165) is 12.8 Å². The average Bonchev–Trinajstić information content (AvgIpc) is 3.00. The number of thiocarbonyl (C=S) groups is 1. The van der Waals surface area contributed by atoms with Gasteiger partial charge in [0.2, 0.25) is 10.0 Å². The molecule has 21 heavy (non-hydrogen) atoms. The second-order valence-electron chi connectivity index (χ2n) is 6.18. The SMILES string of the molecule is NC(=S)c1ccccc1CS(=O)(=O)NC1CC2CCC1C2. The zero-order valence-electron chi connectivity index (χ0n) is 11.8. The zero-order valence-corrected chi connectivity index (χ0v) is 13.4. The third-order valence-corrected chi connectivity index (χ3v) is 6.27. The molecule has 3 N–H and O–H groups in total. The van der Waals surface area contributed by atoms with Gasteiger partial charge in [0.05, 0.1) is 5.75 Å². The van der Waals surface area contributed by atoms with Crippen LogP contribution in [0.25, 0.3) is 0 Å². The van der Waals surface area contributed by atoms with Crippen LogP contribution < -0.4 is 10.5 Å². The number of hydrogen-bond acceptors (Lipinski definition) is 3.